The molecule has 5 heteroatoms. The minimum atomic E-state index is -0.0230. The Labute approximate surface area is 144 Å². The molecule has 0 saturated carbocycles. The molecule has 2 aromatic rings. The molecule has 1 saturated heterocycles. The molecule has 1 fully saturated rings. The van der Waals surface area contributed by atoms with Gasteiger partial charge in [-0.1, -0.05) is 26.8 Å². The summed E-state index contributed by atoms with van der Waals surface area (Å²) in [6.45, 7) is 9.20. The second-order valence-corrected chi connectivity index (χ2v) is 7.40. The zero-order chi connectivity index (χ0) is 17.0. The van der Waals surface area contributed by atoms with Crippen LogP contribution in [0.3, 0.4) is 0 Å². The Hall–Kier alpha value is -2.17. The number of pyridine rings is 1. The number of nitrogens with zero attached hydrogens (tertiary/aromatic N) is 4. The molecule has 3 heterocycles. The van der Waals surface area contributed by atoms with Crippen molar-refractivity contribution in [3.8, 4) is 5.88 Å². The van der Waals surface area contributed by atoms with Crippen LogP contribution in [0.15, 0.2) is 36.7 Å². The minimum Gasteiger partial charge on any atom is -0.477 e. The van der Waals surface area contributed by atoms with Gasteiger partial charge in [-0.25, -0.2) is 15.0 Å². The molecule has 0 unspecified atom stereocenters. The summed E-state index contributed by atoms with van der Waals surface area (Å²) in [5.41, 5.74) is -0.0230. The predicted octanol–water partition coefficient (Wildman–Crippen LogP) is 3.46. The van der Waals surface area contributed by atoms with E-state index in [1.165, 1.54) is 0 Å². The van der Waals surface area contributed by atoms with Crippen LogP contribution in [0.2, 0.25) is 0 Å². The van der Waals surface area contributed by atoms with Gasteiger partial charge in [-0.2, -0.15) is 0 Å². The number of ether oxygens (including phenoxy) is 1. The van der Waals surface area contributed by atoms with Crippen LogP contribution in [0, 0.1) is 5.92 Å². The molecule has 0 aliphatic carbocycles. The van der Waals surface area contributed by atoms with Crippen molar-refractivity contribution in [1.82, 2.24) is 15.0 Å². The van der Waals surface area contributed by atoms with E-state index in [-0.39, 0.29) is 5.41 Å². The van der Waals surface area contributed by atoms with Gasteiger partial charge in [-0.3, -0.25) is 0 Å². The summed E-state index contributed by atoms with van der Waals surface area (Å²) in [5, 5.41) is 0. The van der Waals surface area contributed by atoms with Crippen molar-refractivity contribution >= 4 is 5.82 Å². The fourth-order valence-corrected chi connectivity index (χ4v) is 2.85. The Kier molecular flexibility index (Phi) is 4.97. The Morgan fingerprint density at radius 1 is 1.08 bits per heavy atom. The lowest BCUT2D eigenvalue weighted by atomic mass is 9.95. The Morgan fingerprint density at radius 2 is 1.88 bits per heavy atom. The van der Waals surface area contributed by atoms with Crippen LogP contribution >= 0.6 is 0 Å². The fourth-order valence-electron chi connectivity index (χ4n) is 2.85. The van der Waals surface area contributed by atoms with Gasteiger partial charge >= 0.3 is 0 Å². The molecule has 5 nitrogen and oxygen atoms in total. The molecule has 128 valence electrons. The Bertz CT molecular complexity index is 646. The summed E-state index contributed by atoms with van der Waals surface area (Å²) in [6, 6.07) is 7.77. The van der Waals surface area contributed by atoms with Gasteiger partial charge in [0.2, 0.25) is 5.88 Å². The monoisotopic (exact) mass is 326 g/mol. The van der Waals surface area contributed by atoms with Gasteiger partial charge in [-0.05, 0) is 30.9 Å². The van der Waals surface area contributed by atoms with E-state index in [0.717, 1.165) is 44.2 Å². The Balaban J connectivity index is 1.53. The maximum absolute atomic E-state index is 5.79. The third kappa shape index (κ3) is 4.22. The quantitative estimate of drug-likeness (QED) is 0.861. The van der Waals surface area contributed by atoms with E-state index >= 15 is 0 Å². The molecule has 1 aliphatic heterocycles. The van der Waals surface area contributed by atoms with Gasteiger partial charge < -0.3 is 9.64 Å². The largest absolute Gasteiger partial charge is 0.477 e. The van der Waals surface area contributed by atoms with E-state index in [2.05, 4.69) is 35.6 Å². The summed E-state index contributed by atoms with van der Waals surface area (Å²) >= 11 is 0. The zero-order valence-corrected chi connectivity index (χ0v) is 14.8. The van der Waals surface area contributed by atoms with Crippen molar-refractivity contribution < 1.29 is 4.74 Å². The van der Waals surface area contributed by atoms with Gasteiger partial charge in [0.15, 0.2) is 0 Å². The molecule has 0 aromatic carbocycles. The summed E-state index contributed by atoms with van der Waals surface area (Å²) in [6.07, 6.45) is 5.86. The first-order chi connectivity index (χ1) is 11.5. The molecule has 0 N–H and O–H groups in total. The van der Waals surface area contributed by atoms with Gasteiger partial charge in [-0.15, -0.1) is 0 Å². The topological polar surface area (TPSA) is 51.1 Å². The van der Waals surface area contributed by atoms with Gasteiger partial charge in [0, 0.05) is 37.0 Å². The summed E-state index contributed by atoms with van der Waals surface area (Å²) in [5.74, 6) is 3.23. The molecule has 2 aromatic heterocycles. The molecule has 0 spiro atoms. The van der Waals surface area contributed by atoms with Crippen LogP contribution in [0.4, 0.5) is 5.82 Å². The van der Waals surface area contributed by atoms with E-state index < -0.39 is 0 Å². The highest BCUT2D eigenvalue weighted by Crippen LogP contribution is 2.25. The van der Waals surface area contributed by atoms with Crippen LogP contribution in [-0.4, -0.2) is 34.6 Å². The molecule has 24 heavy (non-hydrogen) atoms. The number of anilines is 1. The van der Waals surface area contributed by atoms with Crippen LogP contribution < -0.4 is 9.64 Å². The average Bonchev–Trinajstić information content (AvgIpc) is 2.61. The third-order valence-corrected chi connectivity index (χ3v) is 4.35. The smallest absolute Gasteiger partial charge is 0.213 e. The van der Waals surface area contributed by atoms with E-state index in [1.807, 2.05) is 30.5 Å². The highest BCUT2D eigenvalue weighted by molar-refractivity contribution is 5.38. The van der Waals surface area contributed by atoms with E-state index in [1.54, 1.807) is 6.20 Å². The van der Waals surface area contributed by atoms with Crippen molar-refractivity contribution in [2.24, 2.45) is 5.92 Å². The lowest BCUT2D eigenvalue weighted by Crippen LogP contribution is -2.36. The maximum Gasteiger partial charge on any atom is 0.213 e. The molecule has 0 amide bonds. The normalized spacial score (nSPS) is 16.2. The summed E-state index contributed by atoms with van der Waals surface area (Å²) < 4.78 is 5.79. The number of piperidine rings is 1. The van der Waals surface area contributed by atoms with Crippen LogP contribution in [0.5, 0.6) is 5.88 Å². The molecular formula is C19H26N4O. The molecule has 0 radical (unpaired) electrons. The summed E-state index contributed by atoms with van der Waals surface area (Å²) in [4.78, 5) is 15.7. The summed E-state index contributed by atoms with van der Waals surface area (Å²) in [7, 11) is 0. The number of rotatable bonds is 4. The SMILES string of the molecule is CC(C)(C)c1nccc(N2CCC(COc3ccccn3)CC2)n1. The molecular weight excluding hydrogens is 300 g/mol. The van der Waals surface area contributed by atoms with Crippen molar-refractivity contribution in [2.45, 2.75) is 39.0 Å². The predicted molar refractivity (Wildman–Crippen MR) is 95.4 cm³/mol. The third-order valence-electron chi connectivity index (χ3n) is 4.35. The second-order valence-electron chi connectivity index (χ2n) is 7.40. The number of hydrogen-bond donors (Lipinski definition) is 0. The highest BCUT2D eigenvalue weighted by atomic mass is 16.5. The van der Waals surface area contributed by atoms with E-state index in [0.29, 0.717) is 11.8 Å². The van der Waals surface area contributed by atoms with E-state index in [9.17, 15) is 0 Å². The van der Waals surface area contributed by atoms with Crippen molar-refractivity contribution in [3.05, 3.63) is 42.5 Å². The lowest BCUT2D eigenvalue weighted by Gasteiger charge is -2.33. The molecule has 0 atom stereocenters. The molecule has 3 rings (SSSR count). The van der Waals surface area contributed by atoms with Crippen molar-refractivity contribution in [3.63, 3.8) is 0 Å². The highest BCUT2D eigenvalue weighted by Gasteiger charge is 2.23. The number of aromatic nitrogens is 3. The van der Waals surface area contributed by atoms with E-state index in [4.69, 9.17) is 9.72 Å². The number of hydrogen-bond acceptors (Lipinski definition) is 5. The molecule has 1 aliphatic rings. The fraction of sp³-hybridized carbons (Fsp3) is 0.526. The van der Waals surface area contributed by atoms with Crippen LogP contribution in [-0.2, 0) is 5.41 Å². The maximum atomic E-state index is 5.79. The molecule has 0 bridgehead atoms. The second kappa shape index (κ2) is 7.16. The first-order valence-electron chi connectivity index (χ1n) is 8.65. The van der Waals surface area contributed by atoms with Gasteiger partial charge in [0.25, 0.3) is 0 Å². The van der Waals surface area contributed by atoms with Gasteiger partial charge in [0.05, 0.1) is 6.61 Å². The first-order valence-corrected chi connectivity index (χ1v) is 8.65. The van der Waals surface area contributed by atoms with Crippen LogP contribution in [0.1, 0.15) is 39.4 Å². The van der Waals surface area contributed by atoms with Crippen molar-refractivity contribution in [1.29, 1.82) is 0 Å². The standard InChI is InChI=1S/C19H26N4O/c1-19(2,3)18-21-11-7-16(22-18)23-12-8-15(9-13-23)14-24-17-6-4-5-10-20-17/h4-7,10-11,15H,8-9,12-14H2,1-3H3. The Morgan fingerprint density at radius 3 is 2.54 bits per heavy atom. The lowest BCUT2D eigenvalue weighted by molar-refractivity contribution is 0.216. The van der Waals surface area contributed by atoms with Crippen molar-refractivity contribution in [2.75, 3.05) is 24.6 Å². The zero-order valence-electron chi connectivity index (χ0n) is 14.8. The van der Waals surface area contributed by atoms with Gasteiger partial charge in [0.1, 0.15) is 11.6 Å². The van der Waals surface area contributed by atoms with Crippen LogP contribution in [0.25, 0.3) is 0 Å². The minimum absolute atomic E-state index is 0.0230. The average molecular weight is 326 g/mol. The first kappa shape index (κ1) is 16.7.